The topological polar surface area (TPSA) is 23.5 Å². The van der Waals surface area contributed by atoms with Crippen LogP contribution in [0.3, 0.4) is 0 Å². The lowest BCUT2D eigenvalue weighted by Crippen LogP contribution is -2.55. The summed E-state index contributed by atoms with van der Waals surface area (Å²) in [5.41, 5.74) is 1.24. The van der Waals surface area contributed by atoms with Crippen LogP contribution in [0.15, 0.2) is 18.2 Å². The summed E-state index contributed by atoms with van der Waals surface area (Å²) in [5, 5.41) is 11.8. The van der Waals surface area contributed by atoms with Crippen LogP contribution < -0.4 is 0 Å². The molecule has 2 atom stereocenters. The maximum atomic E-state index is 10.5. The van der Waals surface area contributed by atoms with E-state index in [9.17, 15) is 5.11 Å². The van der Waals surface area contributed by atoms with Crippen molar-refractivity contribution in [2.45, 2.75) is 75.5 Å². The van der Waals surface area contributed by atoms with Crippen molar-refractivity contribution in [3.63, 3.8) is 0 Å². The van der Waals surface area contributed by atoms with Crippen molar-refractivity contribution in [1.82, 2.24) is 4.90 Å². The molecule has 3 rings (SSSR count). The lowest BCUT2D eigenvalue weighted by atomic mass is 9.73. The second-order valence-corrected chi connectivity index (χ2v) is 8.07. The molecule has 1 aromatic rings. The zero-order valence-electron chi connectivity index (χ0n) is 13.9. The highest BCUT2D eigenvalue weighted by Gasteiger charge is 2.43. The quantitative estimate of drug-likeness (QED) is 0.785. The summed E-state index contributed by atoms with van der Waals surface area (Å²) in [5.74, 6) is 0. The van der Waals surface area contributed by atoms with E-state index in [1.54, 1.807) is 0 Å². The molecule has 128 valence electrons. The molecule has 0 heterocycles. The van der Waals surface area contributed by atoms with Crippen LogP contribution in [0.2, 0.25) is 10.0 Å². The molecule has 4 heteroatoms. The van der Waals surface area contributed by atoms with Gasteiger partial charge in [-0.3, -0.25) is 4.90 Å². The Hall–Kier alpha value is -0.280. The van der Waals surface area contributed by atoms with E-state index in [-0.39, 0.29) is 17.7 Å². The molecule has 2 nitrogen and oxygen atoms in total. The second kappa shape index (κ2) is 7.31. The number of benzene rings is 1. The molecule has 2 fully saturated rings. The van der Waals surface area contributed by atoms with Crippen molar-refractivity contribution in [2.24, 2.45) is 0 Å². The Morgan fingerprint density at radius 3 is 2.35 bits per heavy atom. The minimum Gasteiger partial charge on any atom is -0.391 e. The molecule has 2 aliphatic carbocycles. The van der Waals surface area contributed by atoms with E-state index in [1.807, 2.05) is 12.1 Å². The van der Waals surface area contributed by atoms with Crippen LogP contribution >= 0.6 is 23.2 Å². The Morgan fingerprint density at radius 2 is 1.70 bits per heavy atom. The molecular formula is C19H27Cl2NO. The van der Waals surface area contributed by atoms with Crippen molar-refractivity contribution >= 4 is 23.2 Å². The Bertz CT molecular complexity index is 542. The number of nitrogens with zero attached hydrogens (tertiary/aromatic N) is 1. The average molecular weight is 356 g/mol. The molecule has 2 saturated carbocycles. The molecule has 1 aromatic carbocycles. The summed E-state index contributed by atoms with van der Waals surface area (Å²) in [6, 6.07) is 6.34. The molecule has 0 aliphatic heterocycles. The summed E-state index contributed by atoms with van der Waals surface area (Å²) in [4.78, 5) is 2.47. The first kappa shape index (κ1) is 17.5. The highest BCUT2D eigenvalue weighted by atomic mass is 35.5. The number of aliphatic hydroxyl groups is 1. The number of rotatable bonds is 3. The van der Waals surface area contributed by atoms with E-state index in [0.29, 0.717) is 10.0 Å². The third-order valence-corrected chi connectivity index (χ3v) is 6.74. The lowest BCUT2D eigenvalue weighted by molar-refractivity contribution is -0.0421. The van der Waals surface area contributed by atoms with E-state index in [4.69, 9.17) is 23.2 Å². The summed E-state index contributed by atoms with van der Waals surface area (Å²) >= 11 is 12.4. The molecule has 1 N–H and O–H groups in total. The van der Waals surface area contributed by atoms with Crippen LogP contribution in [0.1, 0.15) is 63.4 Å². The second-order valence-electron chi connectivity index (χ2n) is 7.25. The maximum absolute atomic E-state index is 10.5. The highest BCUT2D eigenvalue weighted by Crippen LogP contribution is 2.45. The standard InChI is InChI=1S/C19H27Cl2NO/c1-22(17-7-3-4-8-18(17)23)19(11-5-2-6-12-19)14-9-10-15(20)16(21)13-14/h9-10,13,17-18,23H,2-8,11-12H2,1H3. The van der Waals surface area contributed by atoms with Crippen LogP contribution in [0, 0.1) is 0 Å². The van der Waals surface area contributed by atoms with Gasteiger partial charge in [-0.15, -0.1) is 0 Å². The number of aliphatic hydroxyl groups excluding tert-OH is 1. The highest BCUT2D eigenvalue weighted by molar-refractivity contribution is 6.42. The van der Waals surface area contributed by atoms with Crippen LogP contribution in [0.4, 0.5) is 0 Å². The van der Waals surface area contributed by atoms with Crippen molar-refractivity contribution in [3.8, 4) is 0 Å². The van der Waals surface area contributed by atoms with Gasteiger partial charge in [0.05, 0.1) is 16.1 Å². The summed E-state index contributed by atoms with van der Waals surface area (Å²) in [6.45, 7) is 0. The fourth-order valence-electron chi connectivity index (χ4n) is 4.63. The Balaban J connectivity index is 1.96. The Kier molecular flexibility index (Phi) is 5.57. The zero-order chi connectivity index (χ0) is 16.4. The van der Waals surface area contributed by atoms with E-state index >= 15 is 0 Å². The van der Waals surface area contributed by atoms with Crippen molar-refractivity contribution in [1.29, 1.82) is 0 Å². The fourth-order valence-corrected chi connectivity index (χ4v) is 4.93. The lowest BCUT2D eigenvalue weighted by Gasteiger charge is -2.50. The number of hydrogen-bond acceptors (Lipinski definition) is 2. The van der Waals surface area contributed by atoms with Crippen LogP contribution in [-0.2, 0) is 5.54 Å². The maximum Gasteiger partial charge on any atom is 0.0695 e. The smallest absolute Gasteiger partial charge is 0.0695 e. The third kappa shape index (κ3) is 3.42. The fraction of sp³-hybridized carbons (Fsp3) is 0.684. The van der Waals surface area contributed by atoms with Gasteiger partial charge >= 0.3 is 0 Å². The number of likely N-dealkylation sites (N-methyl/N-ethyl adjacent to an activating group) is 1. The largest absolute Gasteiger partial charge is 0.391 e. The van der Waals surface area contributed by atoms with Crippen molar-refractivity contribution in [3.05, 3.63) is 33.8 Å². The van der Waals surface area contributed by atoms with Crippen molar-refractivity contribution in [2.75, 3.05) is 7.05 Å². The number of halogens is 2. The van der Waals surface area contributed by atoms with Gasteiger partial charge in [-0.2, -0.15) is 0 Å². The van der Waals surface area contributed by atoms with E-state index in [0.717, 1.165) is 32.1 Å². The van der Waals surface area contributed by atoms with E-state index in [1.165, 1.54) is 31.2 Å². The average Bonchev–Trinajstić information content (AvgIpc) is 2.58. The van der Waals surface area contributed by atoms with Gasteiger partial charge in [0, 0.05) is 11.6 Å². The molecular weight excluding hydrogens is 329 g/mol. The third-order valence-electron chi connectivity index (χ3n) is 6.00. The summed E-state index contributed by atoms with van der Waals surface area (Å²) in [7, 11) is 2.20. The first-order chi connectivity index (χ1) is 11.0. The SMILES string of the molecule is CN(C1CCCCC1O)C1(c2ccc(Cl)c(Cl)c2)CCCCC1. The van der Waals surface area contributed by atoms with Crippen LogP contribution in [0.25, 0.3) is 0 Å². The number of hydrogen-bond donors (Lipinski definition) is 1. The minimum atomic E-state index is -0.213. The van der Waals surface area contributed by atoms with Crippen molar-refractivity contribution < 1.29 is 5.11 Å². The van der Waals surface area contributed by atoms with Crippen LogP contribution in [-0.4, -0.2) is 29.2 Å². The first-order valence-corrected chi connectivity index (χ1v) is 9.67. The molecule has 0 aromatic heterocycles. The first-order valence-electron chi connectivity index (χ1n) is 8.91. The summed E-state index contributed by atoms with van der Waals surface area (Å²) in [6.07, 6.45) is 10.2. The minimum absolute atomic E-state index is 0.0184. The summed E-state index contributed by atoms with van der Waals surface area (Å²) < 4.78 is 0. The van der Waals surface area contributed by atoms with Gasteiger partial charge in [0.1, 0.15) is 0 Å². The van der Waals surface area contributed by atoms with Gasteiger partial charge in [-0.1, -0.05) is 61.4 Å². The Labute approximate surface area is 149 Å². The van der Waals surface area contributed by atoms with Gasteiger partial charge in [0.15, 0.2) is 0 Å². The van der Waals surface area contributed by atoms with Gasteiger partial charge in [0.2, 0.25) is 0 Å². The van der Waals surface area contributed by atoms with Gasteiger partial charge in [0.25, 0.3) is 0 Å². The molecule has 0 spiro atoms. The normalized spacial score (nSPS) is 28.0. The molecule has 2 unspecified atom stereocenters. The molecule has 0 radical (unpaired) electrons. The molecule has 2 aliphatic rings. The zero-order valence-corrected chi connectivity index (χ0v) is 15.4. The molecule has 23 heavy (non-hydrogen) atoms. The van der Waals surface area contributed by atoms with E-state index in [2.05, 4.69) is 18.0 Å². The van der Waals surface area contributed by atoms with Crippen LogP contribution in [0.5, 0.6) is 0 Å². The predicted octanol–water partition coefficient (Wildman–Crippen LogP) is 5.39. The Morgan fingerprint density at radius 1 is 1.00 bits per heavy atom. The van der Waals surface area contributed by atoms with E-state index < -0.39 is 0 Å². The van der Waals surface area contributed by atoms with Gasteiger partial charge in [-0.05, 0) is 50.4 Å². The van der Waals surface area contributed by atoms with Gasteiger partial charge in [-0.25, -0.2) is 0 Å². The molecule has 0 bridgehead atoms. The molecule has 0 amide bonds. The molecule has 0 saturated heterocycles. The van der Waals surface area contributed by atoms with Gasteiger partial charge < -0.3 is 5.11 Å². The predicted molar refractivity (Wildman–Crippen MR) is 97.3 cm³/mol. The monoisotopic (exact) mass is 355 g/mol.